The lowest BCUT2D eigenvalue weighted by molar-refractivity contribution is 0.0284. The van der Waals surface area contributed by atoms with Gasteiger partial charge in [0.05, 0.1) is 18.3 Å². The zero-order valence-corrected chi connectivity index (χ0v) is 22.1. The van der Waals surface area contributed by atoms with Crippen molar-refractivity contribution in [3.8, 4) is 16.9 Å². The van der Waals surface area contributed by atoms with E-state index in [1.54, 1.807) is 13.0 Å². The van der Waals surface area contributed by atoms with Gasteiger partial charge in [-0.2, -0.15) is 4.39 Å². The van der Waals surface area contributed by atoms with Crippen molar-refractivity contribution in [3.05, 3.63) is 94.3 Å². The molecule has 2 atom stereocenters. The standard InChI is InChI=1S/C31H29F5O4/c1-3-5-25(37)23-13-12-20(27(33)29(23)35)17-6-9-19(10-7-17)40-31(38)18-8-11-21(24(32)16-18)22-14-15-26(39-4-2)30(36)28(22)34/h6,8,11-16,19,25,37H,3-5,7,9-10H2,1-2H3. The van der Waals surface area contributed by atoms with Crippen molar-refractivity contribution in [3.63, 3.8) is 0 Å². The summed E-state index contributed by atoms with van der Waals surface area (Å²) in [5.41, 5.74) is -0.105. The molecule has 0 aliphatic heterocycles. The summed E-state index contributed by atoms with van der Waals surface area (Å²) in [6.45, 7) is 3.58. The van der Waals surface area contributed by atoms with E-state index < -0.39 is 47.3 Å². The quantitative estimate of drug-likeness (QED) is 0.212. The van der Waals surface area contributed by atoms with Crippen LogP contribution in [-0.2, 0) is 4.74 Å². The van der Waals surface area contributed by atoms with Crippen LogP contribution in [0.5, 0.6) is 5.75 Å². The number of aliphatic hydroxyl groups excluding tert-OH is 1. The van der Waals surface area contributed by atoms with Gasteiger partial charge >= 0.3 is 5.97 Å². The summed E-state index contributed by atoms with van der Waals surface area (Å²) >= 11 is 0. The van der Waals surface area contributed by atoms with Crippen molar-refractivity contribution in [2.24, 2.45) is 0 Å². The van der Waals surface area contributed by atoms with Crippen molar-refractivity contribution in [2.45, 2.75) is 58.2 Å². The lowest BCUT2D eigenvalue weighted by Crippen LogP contribution is -2.20. The van der Waals surface area contributed by atoms with E-state index in [1.165, 1.54) is 36.4 Å². The second-order valence-electron chi connectivity index (χ2n) is 9.53. The van der Waals surface area contributed by atoms with Crippen molar-refractivity contribution >= 4 is 11.5 Å². The Morgan fingerprint density at radius 2 is 1.62 bits per heavy atom. The molecule has 3 aromatic rings. The second kappa shape index (κ2) is 12.6. The molecule has 0 aromatic heterocycles. The number of allylic oxidation sites excluding steroid dienone is 1. The van der Waals surface area contributed by atoms with E-state index in [-0.39, 0.29) is 46.6 Å². The van der Waals surface area contributed by atoms with E-state index in [4.69, 9.17) is 9.47 Å². The molecule has 212 valence electrons. The molecular formula is C31H29F5O4. The van der Waals surface area contributed by atoms with Gasteiger partial charge in [0.15, 0.2) is 23.2 Å². The predicted octanol–water partition coefficient (Wildman–Crippen LogP) is 8.07. The number of aliphatic hydroxyl groups is 1. The maximum absolute atomic E-state index is 14.8. The molecule has 3 aromatic carbocycles. The zero-order chi connectivity index (χ0) is 29.0. The minimum Gasteiger partial charge on any atom is -0.491 e. The van der Waals surface area contributed by atoms with Crippen molar-refractivity contribution < 1.29 is 41.3 Å². The largest absolute Gasteiger partial charge is 0.491 e. The maximum Gasteiger partial charge on any atom is 0.338 e. The molecule has 0 fully saturated rings. The highest BCUT2D eigenvalue weighted by molar-refractivity contribution is 5.90. The molecule has 1 aliphatic rings. The molecule has 1 aliphatic carbocycles. The highest BCUT2D eigenvalue weighted by atomic mass is 19.2. The van der Waals surface area contributed by atoms with Crippen LogP contribution in [-0.4, -0.2) is 23.8 Å². The van der Waals surface area contributed by atoms with Crippen LogP contribution in [0.4, 0.5) is 22.0 Å². The van der Waals surface area contributed by atoms with E-state index in [9.17, 15) is 31.9 Å². The third-order valence-electron chi connectivity index (χ3n) is 6.86. The molecule has 0 bridgehead atoms. The number of carbonyl (C=O) groups is 1. The fourth-order valence-corrected chi connectivity index (χ4v) is 4.75. The van der Waals surface area contributed by atoms with E-state index in [0.29, 0.717) is 31.3 Å². The van der Waals surface area contributed by atoms with Gasteiger partial charge < -0.3 is 14.6 Å². The van der Waals surface area contributed by atoms with Gasteiger partial charge in [0.2, 0.25) is 5.82 Å². The first-order valence-corrected chi connectivity index (χ1v) is 13.1. The fourth-order valence-electron chi connectivity index (χ4n) is 4.75. The Kier molecular flexibility index (Phi) is 9.25. The summed E-state index contributed by atoms with van der Waals surface area (Å²) in [6.07, 6.45) is 1.81. The first-order valence-electron chi connectivity index (χ1n) is 13.1. The molecule has 0 spiro atoms. The van der Waals surface area contributed by atoms with Crippen LogP contribution in [0.1, 0.15) is 73.5 Å². The number of halogens is 5. The van der Waals surface area contributed by atoms with Crippen LogP contribution in [0.2, 0.25) is 0 Å². The van der Waals surface area contributed by atoms with Gasteiger partial charge in [0.1, 0.15) is 11.9 Å². The van der Waals surface area contributed by atoms with Gasteiger partial charge in [-0.05, 0) is 56.0 Å². The molecule has 4 nitrogen and oxygen atoms in total. The summed E-state index contributed by atoms with van der Waals surface area (Å²) in [4.78, 5) is 12.7. The number of ether oxygens (including phenoxy) is 2. The number of esters is 1. The molecule has 1 N–H and O–H groups in total. The lowest BCUT2D eigenvalue weighted by atomic mass is 9.90. The SMILES string of the molecule is CCCC(O)c1ccc(C2=CCC(OC(=O)c3ccc(-c4ccc(OCC)c(F)c4F)c(F)c3)CC2)c(F)c1F. The van der Waals surface area contributed by atoms with E-state index in [1.807, 2.05) is 6.92 Å². The second-order valence-corrected chi connectivity index (χ2v) is 9.53. The zero-order valence-electron chi connectivity index (χ0n) is 22.1. The number of hydrogen-bond donors (Lipinski definition) is 1. The summed E-state index contributed by atoms with van der Waals surface area (Å²) < 4.78 is 83.5. The van der Waals surface area contributed by atoms with Gasteiger partial charge in [0, 0.05) is 28.7 Å². The molecule has 9 heteroatoms. The Hall–Kier alpha value is -3.72. The first-order chi connectivity index (χ1) is 19.2. The van der Waals surface area contributed by atoms with Crippen molar-refractivity contribution in [1.29, 1.82) is 0 Å². The van der Waals surface area contributed by atoms with E-state index in [2.05, 4.69) is 0 Å². The molecule has 4 rings (SSSR count). The maximum atomic E-state index is 14.8. The van der Waals surface area contributed by atoms with Crippen LogP contribution >= 0.6 is 0 Å². The topological polar surface area (TPSA) is 55.8 Å². The highest BCUT2D eigenvalue weighted by Gasteiger charge is 2.25. The van der Waals surface area contributed by atoms with E-state index in [0.717, 1.165) is 6.07 Å². The summed E-state index contributed by atoms with van der Waals surface area (Å²) in [6, 6.07) is 8.53. The summed E-state index contributed by atoms with van der Waals surface area (Å²) in [5.74, 6) is -6.65. The summed E-state index contributed by atoms with van der Waals surface area (Å²) in [7, 11) is 0. The molecule has 0 radical (unpaired) electrons. The van der Waals surface area contributed by atoms with Crippen LogP contribution in [0, 0.1) is 29.1 Å². The molecular weight excluding hydrogens is 531 g/mol. The van der Waals surface area contributed by atoms with Gasteiger partial charge in [-0.15, -0.1) is 0 Å². The van der Waals surface area contributed by atoms with Crippen LogP contribution in [0.15, 0.2) is 48.5 Å². The Balaban J connectivity index is 1.44. The van der Waals surface area contributed by atoms with Crippen molar-refractivity contribution in [2.75, 3.05) is 6.61 Å². The van der Waals surface area contributed by atoms with Gasteiger partial charge in [-0.3, -0.25) is 0 Å². The highest BCUT2D eigenvalue weighted by Crippen LogP contribution is 2.35. The molecule has 0 saturated carbocycles. The monoisotopic (exact) mass is 560 g/mol. The minimum absolute atomic E-state index is 0.0834. The Morgan fingerprint density at radius 3 is 2.27 bits per heavy atom. The van der Waals surface area contributed by atoms with E-state index >= 15 is 0 Å². The molecule has 40 heavy (non-hydrogen) atoms. The lowest BCUT2D eigenvalue weighted by Gasteiger charge is -2.23. The average Bonchev–Trinajstić information content (AvgIpc) is 2.94. The van der Waals surface area contributed by atoms with Gasteiger partial charge in [-0.25, -0.2) is 22.4 Å². The third-order valence-corrected chi connectivity index (χ3v) is 6.86. The number of hydrogen-bond acceptors (Lipinski definition) is 4. The molecule has 0 saturated heterocycles. The number of carbonyl (C=O) groups excluding carboxylic acids is 1. The predicted molar refractivity (Wildman–Crippen MR) is 140 cm³/mol. The minimum atomic E-state index is -1.27. The van der Waals surface area contributed by atoms with Crippen LogP contribution in [0.25, 0.3) is 16.7 Å². The van der Waals surface area contributed by atoms with Gasteiger partial charge in [-0.1, -0.05) is 37.6 Å². The first kappa shape index (κ1) is 29.3. The fraction of sp³-hybridized carbons (Fsp3) is 0.323. The van der Waals surface area contributed by atoms with Gasteiger partial charge in [0.25, 0.3) is 0 Å². The van der Waals surface area contributed by atoms with Crippen LogP contribution in [0.3, 0.4) is 0 Å². The number of benzene rings is 3. The molecule has 0 amide bonds. The summed E-state index contributed by atoms with van der Waals surface area (Å²) in [5, 5.41) is 10.1. The Bertz CT molecular complexity index is 1440. The molecule has 0 heterocycles. The molecule has 2 unspecified atom stereocenters. The average molecular weight is 561 g/mol. The number of rotatable bonds is 9. The Labute approximate surface area is 229 Å². The smallest absolute Gasteiger partial charge is 0.338 e. The van der Waals surface area contributed by atoms with Crippen molar-refractivity contribution in [1.82, 2.24) is 0 Å². The Morgan fingerprint density at radius 1 is 0.925 bits per heavy atom. The third kappa shape index (κ3) is 6.04. The normalized spacial score (nSPS) is 15.9. The van der Waals surface area contributed by atoms with Crippen LogP contribution < -0.4 is 4.74 Å².